The van der Waals surface area contributed by atoms with E-state index in [4.69, 9.17) is 16.6 Å². The summed E-state index contributed by atoms with van der Waals surface area (Å²) in [5, 5.41) is 5.99. The number of rotatable bonds is 3. The van der Waals surface area contributed by atoms with Gasteiger partial charge in [-0.1, -0.05) is 23.3 Å². The molecule has 6 heteroatoms. The maximum atomic E-state index is 12.4. The van der Waals surface area contributed by atoms with Crippen LogP contribution in [0.25, 0.3) is 22.6 Å². The van der Waals surface area contributed by atoms with E-state index in [0.717, 1.165) is 39.0 Å². The summed E-state index contributed by atoms with van der Waals surface area (Å²) in [5.41, 5.74) is 7.00. The third-order valence-electron chi connectivity index (χ3n) is 4.64. The van der Waals surface area contributed by atoms with Crippen LogP contribution in [-0.4, -0.2) is 16.0 Å². The number of hydrogen-bond donors (Lipinski definition) is 2. The summed E-state index contributed by atoms with van der Waals surface area (Å²) in [6.45, 7) is 5.94. The molecular formula is C24H21N3O2S. The number of oxazole rings is 1. The van der Waals surface area contributed by atoms with Crippen LogP contribution in [0.3, 0.4) is 0 Å². The van der Waals surface area contributed by atoms with Crippen molar-refractivity contribution in [1.29, 1.82) is 0 Å². The van der Waals surface area contributed by atoms with Gasteiger partial charge in [0.15, 0.2) is 10.7 Å². The number of carbonyl (C=O) groups excluding carboxylic acids is 1. The van der Waals surface area contributed by atoms with E-state index in [-0.39, 0.29) is 11.0 Å². The fraction of sp³-hybridized carbons (Fsp3) is 0.125. The number of hydrogen-bond acceptors (Lipinski definition) is 4. The van der Waals surface area contributed by atoms with Gasteiger partial charge in [-0.25, -0.2) is 4.98 Å². The first-order chi connectivity index (χ1) is 14.4. The third-order valence-corrected chi connectivity index (χ3v) is 4.85. The lowest BCUT2D eigenvalue weighted by Crippen LogP contribution is -2.34. The van der Waals surface area contributed by atoms with E-state index >= 15 is 0 Å². The highest BCUT2D eigenvalue weighted by atomic mass is 32.1. The van der Waals surface area contributed by atoms with Crippen molar-refractivity contribution in [3.05, 3.63) is 82.9 Å². The van der Waals surface area contributed by atoms with Gasteiger partial charge in [0.25, 0.3) is 5.91 Å². The van der Waals surface area contributed by atoms with Crippen molar-refractivity contribution in [2.45, 2.75) is 20.8 Å². The molecule has 1 amide bonds. The van der Waals surface area contributed by atoms with Crippen molar-refractivity contribution >= 4 is 40.0 Å². The topological polar surface area (TPSA) is 67.2 Å². The molecule has 0 fully saturated rings. The Morgan fingerprint density at radius 2 is 1.60 bits per heavy atom. The minimum Gasteiger partial charge on any atom is -0.436 e. The third kappa shape index (κ3) is 4.39. The molecule has 0 saturated carbocycles. The SMILES string of the molecule is Cc1cc(C)cc(C(=O)NC(=S)Nc2ccc(-c3nc4cc(C)ccc4o3)cc2)c1. The van der Waals surface area contributed by atoms with Crippen molar-refractivity contribution in [3.8, 4) is 11.5 Å². The van der Waals surface area contributed by atoms with Crippen molar-refractivity contribution in [2.75, 3.05) is 5.32 Å². The highest BCUT2D eigenvalue weighted by Gasteiger charge is 2.11. The van der Waals surface area contributed by atoms with Crippen LogP contribution >= 0.6 is 12.2 Å². The number of thiocarbonyl (C=S) groups is 1. The Morgan fingerprint density at radius 3 is 2.30 bits per heavy atom. The first-order valence-corrected chi connectivity index (χ1v) is 9.96. The monoisotopic (exact) mass is 415 g/mol. The molecule has 0 aliphatic carbocycles. The Bertz CT molecular complexity index is 1240. The summed E-state index contributed by atoms with van der Waals surface area (Å²) in [7, 11) is 0. The van der Waals surface area contributed by atoms with Crippen molar-refractivity contribution in [3.63, 3.8) is 0 Å². The average molecular weight is 416 g/mol. The summed E-state index contributed by atoms with van der Waals surface area (Å²) < 4.78 is 5.84. The van der Waals surface area contributed by atoms with E-state index in [1.54, 1.807) is 0 Å². The van der Waals surface area contributed by atoms with E-state index in [1.165, 1.54) is 0 Å². The van der Waals surface area contributed by atoms with Gasteiger partial charge < -0.3 is 9.73 Å². The number of nitrogens with one attached hydrogen (secondary N) is 2. The molecule has 5 nitrogen and oxygen atoms in total. The minimum absolute atomic E-state index is 0.238. The van der Waals surface area contributed by atoms with Gasteiger partial charge in [-0.15, -0.1) is 0 Å². The molecule has 30 heavy (non-hydrogen) atoms. The minimum atomic E-state index is -0.238. The molecule has 1 aromatic heterocycles. The number of anilines is 1. The predicted octanol–water partition coefficient (Wildman–Crippen LogP) is 5.55. The highest BCUT2D eigenvalue weighted by molar-refractivity contribution is 7.80. The van der Waals surface area contributed by atoms with E-state index < -0.39 is 0 Å². The number of amides is 1. The summed E-state index contributed by atoms with van der Waals surface area (Å²) in [4.78, 5) is 17.0. The number of benzene rings is 3. The van der Waals surface area contributed by atoms with Gasteiger partial charge in [-0.3, -0.25) is 10.1 Å². The zero-order valence-electron chi connectivity index (χ0n) is 16.9. The van der Waals surface area contributed by atoms with Gasteiger partial charge in [-0.2, -0.15) is 0 Å². The number of aryl methyl sites for hydroxylation is 3. The van der Waals surface area contributed by atoms with E-state index in [0.29, 0.717) is 11.5 Å². The second kappa shape index (κ2) is 8.08. The van der Waals surface area contributed by atoms with E-state index in [9.17, 15) is 4.79 Å². The van der Waals surface area contributed by atoms with Crippen LogP contribution in [0, 0.1) is 20.8 Å². The maximum absolute atomic E-state index is 12.4. The Labute approximate surface area is 180 Å². The lowest BCUT2D eigenvalue weighted by Gasteiger charge is -2.10. The summed E-state index contributed by atoms with van der Waals surface area (Å²) in [5.74, 6) is 0.325. The van der Waals surface area contributed by atoms with Crippen molar-refractivity contribution < 1.29 is 9.21 Å². The number of nitrogens with zero attached hydrogens (tertiary/aromatic N) is 1. The fourth-order valence-corrected chi connectivity index (χ4v) is 3.51. The predicted molar refractivity (Wildman–Crippen MR) is 124 cm³/mol. The van der Waals surface area contributed by atoms with Gasteiger partial charge >= 0.3 is 0 Å². The van der Waals surface area contributed by atoms with Crippen LogP contribution in [0.4, 0.5) is 5.69 Å². The number of fused-ring (bicyclic) bond motifs is 1. The molecule has 3 aromatic carbocycles. The fourth-order valence-electron chi connectivity index (χ4n) is 3.30. The molecule has 150 valence electrons. The van der Waals surface area contributed by atoms with Gasteiger partial charge in [-0.05, 0) is 87.1 Å². The molecule has 4 aromatic rings. The molecule has 0 bridgehead atoms. The van der Waals surface area contributed by atoms with Crippen LogP contribution in [0.1, 0.15) is 27.0 Å². The zero-order chi connectivity index (χ0) is 21.3. The van der Waals surface area contributed by atoms with Crippen molar-refractivity contribution in [1.82, 2.24) is 10.3 Å². The molecule has 4 rings (SSSR count). The van der Waals surface area contributed by atoms with Crippen LogP contribution in [0.15, 0.2) is 65.1 Å². The molecule has 2 N–H and O–H groups in total. The molecule has 0 spiro atoms. The van der Waals surface area contributed by atoms with Crippen LogP contribution in [-0.2, 0) is 0 Å². The lowest BCUT2D eigenvalue weighted by atomic mass is 10.1. The molecule has 0 saturated heterocycles. The Balaban J connectivity index is 1.43. The molecule has 0 atom stereocenters. The number of aromatic nitrogens is 1. The van der Waals surface area contributed by atoms with Crippen LogP contribution < -0.4 is 10.6 Å². The molecule has 0 radical (unpaired) electrons. The van der Waals surface area contributed by atoms with Gasteiger partial charge in [0, 0.05) is 16.8 Å². The van der Waals surface area contributed by atoms with Gasteiger partial charge in [0.2, 0.25) is 5.89 Å². The standard InChI is InChI=1S/C24H21N3O2S/c1-14-4-9-21-20(13-14)26-23(29-21)17-5-7-19(8-6-17)25-24(30)27-22(28)18-11-15(2)10-16(3)12-18/h4-13H,1-3H3,(H2,25,27,28,30). The Morgan fingerprint density at radius 1 is 0.900 bits per heavy atom. The van der Waals surface area contributed by atoms with E-state index in [2.05, 4.69) is 15.6 Å². The Hall–Kier alpha value is -3.51. The largest absolute Gasteiger partial charge is 0.436 e. The molecule has 0 aliphatic rings. The number of carbonyl (C=O) groups is 1. The van der Waals surface area contributed by atoms with Crippen molar-refractivity contribution in [2.24, 2.45) is 0 Å². The van der Waals surface area contributed by atoms with E-state index in [1.807, 2.05) is 81.4 Å². The normalized spacial score (nSPS) is 10.8. The smallest absolute Gasteiger partial charge is 0.257 e. The summed E-state index contributed by atoms with van der Waals surface area (Å²) >= 11 is 5.29. The zero-order valence-corrected chi connectivity index (χ0v) is 17.8. The summed E-state index contributed by atoms with van der Waals surface area (Å²) in [6.07, 6.45) is 0. The van der Waals surface area contributed by atoms with Crippen LogP contribution in [0.2, 0.25) is 0 Å². The lowest BCUT2D eigenvalue weighted by molar-refractivity contribution is 0.0977. The first kappa shape index (κ1) is 19.8. The highest BCUT2D eigenvalue weighted by Crippen LogP contribution is 2.26. The molecular weight excluding hydrogens is 394 g/mol. The quantitative estimate of drug-likeness (QED) is 0.430. The second-order valence-electron chi connectivity index (χ2n) is 7.35. The molecule has 0 aliphatic heterocycles. The average Bonchev–Trinajstić information content (AvgIpc) is 3.10. The van der Waals surface area contributed by atoms with Gasteiger partial charge in [0.05, 0.1) is 0 Å². The van der Waals surface area contributed by atoms with Gasteiger partial charge in [0.1, 0.15) is 5.52 Å². The second-order valence-corrected chi connectivity index (χ2v) is 7.76. The maximum Gasteiger partial charge on any atom is 0.257 e. The Kier molecular flexibility index (Phi) is 5.33. The van der Waals surface area contributed by atoms with Crippen LogP contribution in [0.5, 0.6) is 0 Å². The molecule has 1 heterocycles. The first-order valence-electron chi connectivity index (χ1n) is 9.56. The summed E-state index contributed by atoms with van der Waals surface area (Å²) in [6, 6.07) is 19.1. The molecule has 0 unspecified atom stereocenters.